The normalized spacial score (nSPS) is 19.3. The van der Waals surface area contributed by atoms with Crippen LogP contribution >= 0.6 is 11.6 Å². The van der Waals surface area contributed by atoms with Gasteiger partial charge in [-0.3, -0.25) is 9.80 Å². The largest absolute Gasteiger partial charge is 0.492 e. The van der Waals surface area contributed by atoms with Gasteiger partial charge in [-0.1, -0.05) is 36.2 Å². The number of rotatable bonds is 10. The van der Waals surface area contributed by atoms with Gasteiger partial charge in [-0.15, -0.1) is 0 Å². The number of benzene rings is 2. The second kappa shape index (κ2) is 12.1. The first-order valence-corrected chi connectivity index (χ1v) is 12.6. The molecule has 0 N–H and O–H groups in total. The Labute approximate surface area is 203 Å². The minimum atomic E-state index is -0.252. The Morgan fingerprint density at radius 1 is 0.848 bits per heavy atom. The third kappa shape index (κ3) is 7.35. The molecule has 0 unspecified atom stereocenters. The number of nitrogens with zero attached hydrogens (tertiary/aromatic N) is 2. The van der Waals surface area contributed by atoms with Gasteiger partial charge in [0.15, 0.2) is 0 Å². The van der Waals surface area contributed by atoms with Gasteiger partial charge in [0.05, 0.1) is 0 Å². The van der Waals surface area contributed by atoms with Crippen LogP contribution in [0.2, 0.25) is 5.02 Å². The van der Waals surface area contributed by atoms with Crippen molar-refractivity contribution < 1.29 is 14.2 Å². The first-order valence-electron chi connectivity index (χ1n) is 12.2. The minimum absolute atomic E-state index is 0.252. The summed E-state index contributed by atoms with van der Waals surface area (Å²) < 4.78 is 18.0. The van der Waals surface area contributed by atoms with Crippen LogP contribution in [0.5, 0.6) is 11.5 Å². The maximum Gasteiger partial charge on any atom is 0.120 e. The van der Waals surface area contributed by atoms with Crippen molar-refractivity contribution in [3.8, 4) is 11.5 Å². The van der Waals surface area contributed by atoms with E-state index in [4.69, 9.17) is 25.8 Å². The molecular formula is C27H37ClN2O3. The fourth-order valence-corrected chi connectivity index (χ4v) is 4.95. The van der Waals surface area contributed by atoms with Crippen LogP contribution in [0.15, 0.2) is 48.5 Å². The molecule has 0 bridgehead atoms. The molecule has 2 heterocycles. The van der Waals surface area contributed by atoms with E-state index in [1.165, 1.54) is 37.9 Å². The molecule has 2 aromatic carbocycles. The summed E-state index contributed by atoms with van der Waals surface area (Å²) in [6.07, 6.45) is 5.90. The van der Waals surface area contributed by atoms with Gasteiger partial charge in [0.25, 0.3) is 0 Å². The molecule has 0 atom stereocenters. The van der Waals surface area contributed by atoms with Gasteiger partial charge in [-0.05, 0) is 74.7 Å². The topological polar surface area (TPSA) is 34.2 Å². The van der Waals surface area contributed by atoms with Crippen LogP contribution in [0.1, 0.15) is 37.7 Å². The van der Waals surface area contributed by atoms with E-state index in [-0.39, 0.29) is 5.60 Å². The van der Waals surface area contributed by atoms with Crippen molar-refractivity contribution in [2.24, 2.45) is 0 Å². The van der Waals surface area contributed by atoms with E-state index in [1.54, 1.807) is 7.11 Å². The van der Waals surface area contributed by atoms with Crippen molar-refractivity contribution in [1.82, 2.24) is 9.80 Å². The molecule has 4 rings (SSSR count). The zero-order valence-electron chi connectivity index (χ0n) is 19.8. The maximum atomic E-state index is 6.08. The van der Waals surface area contributed by atoms with E-state index < -0.39 is 0 Å². The highest BCUT2D eigenvalue weighted by atomic mass is 35.5. The van der Waals surface area contributed by atoms with E-state index in [0.717, 1.165) is 57.1 Å². The van der Waals surface area contributed by atoms with Gasteiger partial charge >= 0.3 is 0 Å². The van der Waals surface area contributed by atoms with E-state index in [9.17, 15) is 0 Å². The number of likely N-dealkylation sites (tertiary alicyclic amines) is 2. The van der Waals surface area contributed by atoms with Crippen LogP contribution in [-0.2, 0) is 11.3 Å². The summed E-state index contributed by atoms with van der Waals surface area (Å²) in [6.45, 7) is 7.63. The Kier molecular flexibility index (Phi) is 8.90. The molecule has 6 heteroatoms. The fourth-order valence-electron chi connectivity index (χ4n) is 4.77. The van der Waals surface area contributed by atoms with Gasteiger partial charge in [-0.25, -0.2) is 0 Å². The molecule has 2 aliphatic heterocycles. The molecule has 5 nitrogen and oxygen atoms in total. The predicted molar refractivity (Wildman–Crippen MR) is 133 cm³/mol. The van der Waals surface area contributed by atoms with Crippen LogP contribution in [0.3, 0.4) is 0 Å². The lowest BCUT2D eigenvalue weighted by molar-refractivity contribution is -0.0839. The number of methoxy groups -OCH3 is 1. The summed E-state index contributed by atoms with van der Waals surface area (Å²) in [6, 6.07) is 16.1. The minimum Gasteiger partial charge on any atom is -0.492 e. The molecule has 33 heavy (non-hydrogen) atoms. The van der Waals surface area contributed by atoms with Gasteiger partial charge in [0.1, 0.15) is 30.3 Å². The molecule has 0 spiro atoms. The first kappa shape index (κ1) is 24.3. The first-order chi connectivity index (χ1) is 16.1. The monoisotopic (exact) mass is 472 g/mol. The van der Waals surface area contributed by atoms with Crippen molar-refractivity contribution in [3.63, 3.8) is 0 Å². The number of hydrogen-bond acceptors (Lipinski definition) is 5. The number of hydrogen-bond donors (Lipinski definition) is 0. The zero-order valence-corrected chi connectivity index (χ0v) is 20.6. The zero-order chi connectivity index (χ0) is 22.9. The van der Waals surface area contributed by atoms with Crippen molar-refractivity contribution in [1.29, 1.82) is 0 Å². The Balaban J connectivity index is 1.22. The molecule has 0 amide bonds. The average Bonchev–Trinajstić information content (AvgIpc) is 2.85. The Morgan fingerprint density at radius 2 is 1.58 bits per heavy atom. The molecule has 0 aliphatic carbocycles. The van der Waals surface area contributed by atoms with E-state index in [2.05, 4.69) is 34.1 Å². The molecule has 0 radical (unpaired) electrons. The van der Waals surface area contributed by atoms with Crippen LogP contribution in [-0.4, -0.2) is 68.4 Å². The van der Waals surface area contributed by atoms with E-state index in [0.29, 0.717) is 11.6 Å². The maximum absolute atomic E-state index is 6.08. The standard InChI is InChI=1S/C27H37ClN2O3/c1-31-27(22-33-26-10-6-8-24(28)20-26)11-15-30(16-12-27)21-23-7-5-9-25(19-23)32-18-17-29-13-3-2-4-14-29/h5-10,19-20H,2-4,11-18,21-22H2,1H3. The molecule has 180 valence electrons. The number of ether oxygens (including phenoxy) is 3. The summed E-state index contributed by atoms with van der Waals surface area (Å²) in [5.41, 5.74) is 1.05. The highest BCUT2D eigenvalue weighted by Crippen LogP contribution is 2.29. The Bertz CT molecular complexity index is 864. The summed E-state index contributed by atoms with van der Waals surface area (Å²) >= 11 is 6.08. The molecule has 2 aromatic rings. The highest BCUT2D eigenvalue weighted by Gasteiger charge is 2.35. The molecule has 0 saturated carbocycles. The van der Waals surface area contributed by atoms with Crippen molar-refractivity contribution in [3.05, 3.63) is 59.1 Å². The lowest BCUT2D eigenvalue weighted by Gasteiger charge is -2.40. The molecular weight excluding hydrogens is 436 g/mol. The average molecular weight is 473 g/mol. The third-order valence-corrected chi connectivity index (χ3v) is 7.16. The van der Waals surface area contributed by atoms with Gasteiger partial charge in [0, 0.05) is 38.3 Å². The Morgan fingerprint density at radius 3 is 2.30 bits per heavy atom. The predicted octanol–water partition coefficient (Wildman–Crippen LogP) is 5.26. The summed E-state index contributed by atoms with van der Waals surface area (Å²) in [5, 5.41) is 0.687. The van der Waals surface area contributed by atoms with Crippen molar-refractivity contribution >= 4 is 11.6 Å². The molecule has 2 saturated heterocycles. The van der Waals surface area contributed by atoms with Crippen LogP contribution < -0.4 is 9.47 Å². The summed E-state index contributed by atoms with van der Waals surface area (Å²) in [5.74, 6) is 1.76. The number of piperidine rings is 2. The lowest BCUT2D eigenvalue weighted by atomic mass is 9.91. The van der Waals surface area contributed by atoms with E-state index in [1.807, 2.05) is 24.3 Å². The van der Waals surface area contributed by atoms with Crippen molar-refractivity contribution in [2.45, 2.75) is 44.2 Å². The van der Waals surface area contributed by atoms with Crippen LogP contribution in [0.25, 0.3) is 0 Å². The smallest absolute Gasteiger partial charge is 0.120 e. The Hall–Kier alpha value is -1.79. The molecule has 2 aliphatic rings. The quantitative estimate of drug-likeness (QED) is 0.471. The number of halogens is 1. The lowest BCUT2D eigenvalue weighted by Crippen LogP contribution is -2.48. The molecule has 0 aromatic heterocycles. The van der Waals surface area contributed by atoms with Gasteiger partial charge < -0.3 is 14.2 Å². The summed E-state index contributed by atoms with van der Waals surface area (Å²) in [7, 11) is 1.79. The second-order valence-electron chi connectivity index (χ2n) is 9.31. The van der Waals surface area contributed by atoms with Crippen molar-refractivity contribution in [2.75, 3.05) is 53.0 Å². The highest BCUT2D eigenvalue weighted by molar-refractivity contribution is 6.30. The van der Waals surface area contributed by atoms with E-state index >= 15 is 0 Å². The summed E-state index contributed by atoms with van der Waals surface area (Å²) in [4.78, 5) is 5.00. The molecule has 2 fully saturated rings. The van der Waals surface area contributed by atoms with Gasteiger partial charge in [-0.2, -0.15) is 0 Å². The SMILES string of the molecule is COC1(COc2cccc(Cl)c2)CCN(Cc2cccc(OCCN3CCCCC3)c2)CC1. The van der Waals surface area contributed by atoms with Crippen LogP contribution in [0.4, 0.5) is 0 Å². The fraction of sp³-hybridized carbons (Fsp3) is 0.556. The third-order valence-electron chi connectivity index (χ3n) is 6.93. The van der Waals surface area contributed by atoms with Gasteiger partial charge in [0.2, 0.25) is 0 Å². The van der Waals surface area contributed by atoms with Crippen LogP contribution in [0, 0.1) is 0 Å². The second-order valence-corrected chi connectivity index (χ2v) is 9.74.